The molecule has 7 heteroatoms. The highest BCUT2D eigenvalue weighted by atomic mass is 19.4. The summed E-state index contributed by atoms with van der Waals surface area (Å²) in [6.07, 6.45) is -2.47. The second-order valence-corrected chi connectivity index (χ2v) is 4.54. The van der Waals surface area contributed by atoms with Crippen LogP contribution in [0.5, 0.6) is 0 Å². The largest absolute Gasteiger partial charge is 0.408 e. The summed E-state index contributed by atoms with van der Waals surface area (Å²) in [6, 6.07) is -1.74. The minimum Gasteiger partial charge on any atom is -0.333 e. The van der Waals surface area contributed by atoms with E-state index in [4.69, 9.17) is 0 Å². The molecule has 0 bridgehead atoms. The smallest absolute Gasteiger partial charge is 0.333 e. The zero-order valence-electron chi connectivity index (χ0n) is 10.7. The summed E-state index contributed by atoms with van der Waals surface area (Å²) < 4.78 is 38.5. The Kier molecular flexibility index (Phi) is 4.97. The number of hydrogen-bond donors (Lipinski definition) is 0. The van der Waals surface area contributed by atoms with Gasteiger partial charge in [-0.25, -0.2) is 0 Å². The van der Waals surface area contributed by atoms with Crippen LogP contribution >= 0.6 is 0 Å². The van der Waals surface area contributed by atoms with Gasteiger partial charge in [-0.2, -0.15) is 13.2 Å². The molecule has 108 valence electrons. The van der Waals surface area contributed by atoms with Gasteiger partial charge in [0.05, 0.1) is 6.54 Å². The van der Waals surface area contributed by atoms with Crippen molar-refractivity contribution < 1.29 is 22.8 Å². The van der Waals surface area contributed by atoms with Gasteiger partial charge < -0.3 is 9.80 Å². The quantitative estimate of drug-likeness (QED) is 0.735. The van der Waals surface area contributed by atoms with E-state index in [1.54, 1.807) is 0 Å². The molecule has 0 saturated carbocycles. The Bertz CT molecular complexity index is 368. The predicted octanol–water partition coefficient (Wildman–Crippen LogP) is 1.57. The van der Waals surface area contributed by atoms with Crippen LogP contribution in [0.2, 0.25) is 0 Å². The van der Waals surface area contributed by atoms with Crippen LogP contribution in [0, 0.1) is 0 Å². The number of nitrogens with zero attached hydrogens (tertiary/aromatic N) is 2. The molecule has 1 atom stereocenters. The van der Waals surface area contributed by atoms with E-state index in [0.717, 1.165) is 15.9 Å². The minimum absolute atomic E-state index is 0.0750. The molecule has 0 radical (unpaired) electrons. The molecule has 0 aliphatic carbocycles. The van der Waals surface area contributed by atoms with Crippen LogP contribution in [0.4, 0.5) is 13.2 Å². The number of carbonyl (C=O) groups excluding carboxylic acids is 2. The Labute approximate surface area is 109 Å². The molecule has 1 fully saturated rings. The second kappa shape index (κ2) is 6.08. The van der Waals surface area contributed by atoms with E-state index in [-0.39, 0.29) is 19.5 Å². The van der Waals surface area contributed by atoms with Crippen molar-refractivity contribution in [2.24, 2.45) is 0 Å². The lowest BCUT2D eigenvalue weighted by molar-refractivity contribution is -0.196. The zero-order valence-corrected chi connectivity index (χ0v) is 10.7. The lowest BCUT2D eigenvalue weighted by Crippen LogP contribution is -2.53. The monoisotopic (exact) mass is 278 g/mol. The highest BCUT2D eigenvalue weighted by Crippen LogP contribution is 2.31. The predicted molar refractivity (Wildman–Crippen MR) is 63.2 cm³/mol. The van der Waals surface area contributed by atoms with Crippen molar-refractivity contribution in [1.29, 1.82) is 0 Å². The van der Waals surface area contributed by atoms with Crippen LogP contribution in [-0.2, 0) is 9.59 Å². The second-order valence-electron chi connectivity index (χ2n) is 4.54. The van der Waals surface area contributed by atoms with Crippen molar-refractivity contribution in [1.82, 2.24) is 9.80 Å². The van der Waals surface area contributed by atoms with E-state index in [1.165, 1.54) is 7.05 Å². The van der Waals surface area contributed by atoms with Crippen LogP contribution in [0.25, 0.3) is 0 Å². The number of piperidine rings is 1. The van der Waals surface area contributed by atoms with Crippen molar-refractivity contribution >= 4 is 11.8 Å². The molecule has 1 heterocycles. The van der Waals surface area contributed by atoms with E-state index in [1.807, 2.05) is 0 Å². The number of hydrogen-bond acceptors (Lipinski definition) is 2. The van der Waals surface area contributed by atoms with Crippen molar-refractivity contribution in [2.75, 3.05) is 20.1 Å². The van der Waals surface area contributed by atoms with Crippen LogP contribution in [0.1, 0.15) is 19.3 Å². The summed E-state index contributed by atoms with van der Waals surface area (Å²) in [6.45, 7) is 2.98. The van der Waals surface area contributed by atoms with Gasteiger partial charge in [-0.15, -0.1) is 0 Å². The molecule has 1 rings (SSSR count). The molecule has 0 aromatic heterocycles. The highest BCUT2D eigenvalue weighted by molar-refractivity contribution is 5.90. The molecule has 1 saturated heterocycles. The van der Waals surface area contributed by atoms with Crippen LogP contribution in [-0.4, -0.2) is 54.0 Å². The van der Waals surface area contributed by atoms with Gasteiger partial charge in [0.2, 0.25) is 11.8 Å². The number of amides is 2. The van der Waals surface area contributed by atoms with Gasteiger partial charge >= 0.3 is 6.18 Å². The van der Waals surface area contributed by atoms with E-state index >= 15 is 0 Å². The molecule has 0 unspecified atom stereocenters. The summed E-state index contributed by atoms with van der Waals surface area (Å²) in [7, 11) is 1.36. The van der Waals surface area contributed by atoms with E-state index in [9.17, 15) is 22.8 Å². The van der Waals surface area contributed by atoms with Gasteiger partial charge in [0.1, 0.15) is 6.04 Å². The first kappa shape index (κ1) is 15.5. The molecule has 4 nitrogen and oxygen atoms in total. The average Bonchev–Trinajstić information content (AvgIpc) is 2.36. The van der Waals surface area contributed by atoms with Crippen molar-refractivity contribution in [3.63, 3.8) is 0 Å². The lowest BCUT2D eigenvalue weighted by atomic mass is 10.0. The molecular formula is C12H17F3N2O2. The summed E-state index contributed by atoms with van der Waals surface area (Å²) >= 11 is 0. The Hall–Kier alpha value is -1.53. The van der Waals surface area contributed by atoms with Gasteiger partial charge in [-0.3, -0.25) is 9.59 Å². The van der Waals surface area contributed by atoms with Crippen molar-refractivity contribution in [3.8, 4) is 0 Å². The summed E-state index contributed by atoms with van der Waals surface area (Å²) in [4.78, 5) is 25.0. The van der Waals surface area contributed by atoms with Gasteiger partial charge in [-0.05, 0) is 25.3 Å². The van der Waals surface area contributed by atoms with Gasteiger partial charge in [0.15, 0.2) is 0 Å². The highest BCUT2D eigenvalue weighted by Gasteiger charge is 2.46. The van der Waals surface area contributed by atoms with Gasteiger partial charge in [0.25, 0.3) is 0 Å². The maximum atomic E-state index is 12.8. The zero-order chi connectivity index (χ0) is 14.6. The SMILES string of the molecule is C=CC(=O)N(C)CC(=O)N1CCCC[C@@H]1C(F)(F)F. The average molecular weight is 278 g/mol. The first-order chi connectivity index (χ1) is 8.77. The number of rotatable bonds is 3. The van der Waals surface area contributed by atoms with E-state index < -0.39 is 24.0 Å². The van der Waals surface area contributed by atoms with Crippen molar-refractivity contribution in [2.45, 2.75) is 31.5 Å². The third-order valence-electron chi connectivity index (χ3n) is 3.12. The van der Waals surface area contributed by atoms with E-state index in [2.05, 4.69) is 6.58 Å². The maximum Gasteiger partial charge on any atom is 0.408 e. The number of likely N-dealkylation sites (N-methyl/N-ethyl adjacent to an activating group) is 1. The molecule has 0 N–H and O–H groups in total. The maximum absolute atomic E-state index is 12.8. The van der Waals surface area contributed by atoms with Gasteiger partial charge in [0, 0.05) is 13.6 Å². The normalized spacial score (nSPS) is 20.0. The molecule has 0 aromatic rings. The van der Waals surface area contributed by atoms with Gasteiger partial charge in [-0.1, -0.05) is 6.58 Å². The first-order valence-corrected chi connectivity index (χ1v) is 6.01. The molecular weight excluding hydrogens is 261 g/mol. The third kappa shape index (κ3) is 3.97. The molecule has 0 spiro atoms. The fourth-order valence-corrected chi connectivity index (χ4v) is 2.10. The molecule has 2 amide bonds. The summed E-state index contributed by atoms with van der Waals surface area (Å²) in [5.74, 6) is -1.17. The Balaban J connectivity index is 2.73. The third-order valence-corrected chi connectivity index (χ3v) is 3.12. The number of alkyl halides is 3. The topological polar surface area (TPSA) is 40.6 Å². The molecule has 0 aromatic carbocycles. The Morgan fingerprint density at radius 2 is 2.05 bits per heavy atom. The number of carbonyl (C=O) groups is 2. The summed E-state index contributed by atoms with van der Waals surface area (Å²) in [5, 5.41) is 0. The van der Waals surface area contributed by atoms with Crippen LogP contribution in [0.15, 0.2) is 12.7 Å². The fourth-order valence-electron chi connectivity index (χ4n) is 2.10. The lowest BCUT2D eigenvalue weighted by Gasteiger charge is -2.37. The summed E-state index contributed by atoms with van der Waals surface area (Å²) in [5.41, 5.74) is 0. The minimum atomic E-state index is -4.42. The van der Waals surface area contributed by atoms with Crippen molar-refractivity contribution in [3.05, 3.63) is 12.7 Å². The number of halogens is 3. The molecule has 19 heavy (non-hydrogen) atoms. The molecule has 1 aliphatic heterocycles. The number of likely N-dealkylation sites (tertiary alicyclic amines) is 1. The fraction of sp³-hybridized carbons (Fsp3) is 0.667. The standard InChI is InChI=1S/C12H17F3N2O2/c1-3-10(18)16(2)8-11(19)17-7-5-4-6-9(17)12(13,14)15/h3,9H,1,4-8H2,2H3/t9-/m1/s1. The van der Waals surface area contributed by atoms with E-state index in [0.29, 0.717) is 12.8 Å². The Morgan fingerprint density at radius 3 is 2.58 bits per heavy atom. The van der Waals surface area contributed by atoms with Crippen LogP contribution in [0.3, 0.4) is 0 Å². The van der Waals surface area contributed by atoms with Crippen LogP contribution < -0.4 is 0 Å². The Morgan fingerprint density at radius 1 is 1.42 bits per heavy atom. The molecule has 1 aliphatic rings. The first-order valence-electron chi connectivity index (χ1n) is 6.01.